The van der Waals surface area contributed by atoms with Crippen molar-refractivity contribution in [2.75, 3.05) is 0 Å². The summed E-state index contributed by atoms with van der Waals surface area (Å²) in [5.41, 5.74) is 6.56. The van der Waals surface area contributed by atoms with Gasteiger partial charge in [-0.3, -0.25) is 0 Å². The SMILES string of the molecule is CC(C)[C@@H](C(=O)O)N(N=N)S(N)(=O)=O. The number of carbonyl (C=O) groups is 1. The number of aliphatic carboxylic acids is 1. The van der Waals surface area contributed by atoms with Crippen LogP contribution in [0.2, 0.25) is 0 Å². The van der Waals surface area contributed by atoms with Gasteiger partial charge in [-0.2, -0.15) is 13.9 Å². The van der Waals surface area contributed by atoms with Crippen LogP contribution >= 0.6 is 0 Å². The summed E-state index contributed by atoms with van der Waals surface area (Å²) in [6.07, 6.45) is 0. The number of nitrogens with zero attached hydrogens (tertiary/aromatic N) is 2. The lowest BCUT2D eigenvalue weighted by Crippen LogP contribution is -2.47. The lowest BCUT2D eigenvalue weighted by Gasteiger charge is -2.24. The summed E-state index contributed by atoms with van der Waals surface area (Å²) in [6, 6.07) is -1.46. The number of hydrogen-bond acceptors (Lipinski definition) is 5. The highest BCUT2D eigenvalue weighted by Crippen LogP contribution is 2.13. The minimum atomic E-state index is -4.31. The van der Waals surface area contributed by atoms with E-state index in [-0.39, 0.29) is 4.41 Å². The van der Waals surface area contributed by atoms with Gasteiger partial charge >= 0.3 is 16.2 Å². The minimum absolute atomic E-state index is 0.0694. The maximum atomic E-state index is 10.8. The van der Waals surface area contributed by atoms with Crippen molar-refractivity contribution >= 4 is 16.2 Å². The van der Waals surface area contributed by atoms with Crippen LogP contribution in [0.5, 0.6) is 0 Å². The molecule has 0 heterocycles. The topological polar surface area (TPSA) is 137 Å². The fourth-order valence-corrected chi connectivity index (χ4v) is 1.68. The van der Waals surface area contributed by atoms with Gasteiger partial charge in [-0.25, -0.2) is 9.93 Å². The largest absolute Gasteiger partial charge is 0.480 e. The molecule has 0 aliphatic rings. The van der Waals surface area contributed by atoms with Crippen molar-refractivity contribution in [1.29, 1.82) is 5.53 Å². The molecular weight excluding hydrogens is 212 g/mol. The number of carboxylic acids is 1. The van der Waals surface area contributed by atoms with E-state index >= 15 is 0 Å². The molecular formula is C5H12N4O4S. The normalized spacial score (nSPS) is 13.7. The van der Waals surface area contributed by atoms with E-state index in [1.54, 1.807) is 0 Å². The zero-order valence-corrected chi connectivity index (χ0v) is 8.52. The summed E-state index contributed by atoms with van der Waals surface area (Å²) in [5, 5.41) is 16.0. The van der Waals surface area contributed by atoms with Crippen molar-refractivity contribution in [3.05, 3.63) is 0 Å². The van der Waals surface area contributed by atoms with E-state index in [9.17, 15) is 13.2 Å². The molecule has 0 saturated heterocycles. The molecule has 0 radical (unpaired) electrons. The van der Waals surface area contributed by atoms with Crippen LogP contribution in [0.4, 0.5) is 0 Å². The van der Waals surface area contributed by atoms with E-state index in [4.69, 9.17) is 10.6 Å². The smallest absolute Gasteiger partial charge is 0.329 e. The molecule has 0 rings (SSSR count). The van der Waals surface area contributed by atoms with Crippen LogP contribution in [0, 0.1) is 11.4 Å². The van der Waals surface area contributed by atoms with E-state index in [1.165, 1.54) is 13.8 Å². The molecule has 0 saturated carbocycles. The standard InChI is InChI=1S/C5H12N4O4S/c1-3(2)4(5(10)11)9(8-6)14(7,12)13/h3-4,6H,1-2H3,(H,10,11)(H2,7,12,13)/t4-/m0/s1. The highest BCUT2D eigenvalue weighted by Gasteiger charge is 2.34. The molecule has 0 spiro atoms. The Morgan fingerprint density at radius 2 is 2.00 bits per heavy atom. The minimum Gasteiger partial charge on any atom is -0.480 e. The number of carboxylic acid groups (broad SMARTS) is 1. The number of rotatable bonds is 5. The van der Waals surface area contributed by atoms with Crippen LogP contribution in [0.3, 0.4) is 0 Å². The Hall–Kier alpha value is -1.22. The summed E-state index contributed by atoms with van der Waals surface area (Å²) in [7, 11) is -4.31. The van der Waals surface area contributed by atoms with Gasteiger partial charge in [0.15, 0.2) is 6.04 Å². The van der Waals surface area contributed by atoms with E-state index in [1.807, 2.05) is 0 Å². The third-order valence-electron chi connectivity index (χ3n) is 1.48. The molecule has 0 aliphatic carbocycles. The van der Waals surface area contributed by atoms with Gasteiger partial charge in [-0.1, -0.05) is 19.1 Å². The molecule has 0 aromatic rings. The summed E-state index contributed by atoms with van der Waals surface area (Å²) in [5.74, 6) is -1.94. The summed E-state index contributed by atoms with van der Waals surface area (Å²) < 4.78 is 21.7. The molecule has 0 amide bonds. The second kappa shape index (κ2) is 4.33. The number of nitrogens with two attached hydrogens (primary N) is 1. The second-order valence-corrected chi connectivity index (χ2v) is 4.35. The van der Waals surface area contributed by atoms with Crippen LogP contribution in [0.1, 0.15) is 13.8 Å². The van der Waals surface area contributed by atoms with E-state index in [0.717, 1.165) is 0 Å². The highest BCUT2D eigenvalue weighted by atomic mass is 32.2. The molecule has 8 nitrogen and oxygen atoms in total. The number of hydrogen-bond donors (Lipinski definition) is 3. The highest BCUT2D eigenvalue weighted by molar-refractivity contribution is 7.86. The second-order valence-electron chi connectivity index (χ2n) is 2.94. The Kier molecular flexibility index (Phi) is 3.95. The Morgan fingerprint density at radius 1 is 1.57 bits per heavy atom. The van der Waals surface area contributed by atoms with Crippen LogP contribution in [0.15, 0.2) is 5.22 Å². The van der Waals surface area contributed by atoms with Crippen LogP contribution in [-0.4, -0.2) is 29.9 Å². The lowest BCUT2D eigenvalue weighted by molar-refractivity contribution is -0.143. The fourth-order valence-electron chi connectivity index (χ4n) is 0.912. The molecule has 0 aromatic heterocycles. The zero-order chi connectivity index (χ0) is 11.5. The molecule has 1 atom stereocenters. The first-order valence-electron chi connectivity index (χ1n) is 3.64. The van der Waals surface area contributed by atoms with Crippen LogP contribution in [-0.2, 0) is 15.0 Å². The maximum Gasteiger partial charge on any atom is 0.329 e. The van der Waals surface area contributed by atoms with Gasteiger partial charge in [0.05, 0.1) is 0 Å². The van der Waals surface area contributed by atoms with Crippen molar-refractivity contribution in [1.82, 2.24) is 4.41 Å². The average Bonchev–Trinajstić information content (AvgIpc) is 1.95. The zero-order valence-electron chi connectivity index (χ0n) is 7.71. The van der Waals surface area contributed by atoms with E-state index in [0.29, 0.717) is 0 Å². The lowest BCUT2D eigenvalue weighted by atomic mass is 10.1. The van der Waals surface area contributed by atoms with Crippen molar-refractivity contribution < 1.29 is 18.3 Å². The van der Waals surface area contributed by atoms with Gasteiger partial charge in [0.1, 0.15) is 0 Å². The first-order valence-corrected chi connectivity index (χ1v) is 5.14. The molecule has 0 aromatic carbocycles. The monoisotopic (exact) mass is 224 g/mol. The molecule has 0 bridgehead atoms. The predicted octanol–water partition coefficient (Wildman–Crippen LogP) is -0.453. The van der Waals surface area contributed by atoms with Crippen molar-refractivity contribution in [3.63, 3.8) is 0 Å². The Bertz CT molecular complexity index is 325. The summed E-state index contributed by atoms with van der Waals surface area (Å²) in [6.45, 7) is 2.98. The first kappa shape index (κ1) is 12.8. The van der Waals surface area contributed by atoms with Gasteiger partial charge in [0, 0.05) is 0 Å². The summed E-state index contributed by atoms with van der Waals surface area (Å²) >= 11 is 0. The van der Waals surface area contributed by atoms with Crippen molar-refractivity contribution in [2.24, 2.45) is 16.3 Å². The predicted molar refractivity (Wildman–Crippen MR) is 46.4 cm³/mol. The third kappa shape index (κ3) is 2.92. The van der Waals surface area contributed by atoms with Crippen LogP contribution in [0.25, 0.3) is 0 Å². The van der Waals surface area contributed by atoms with Crippen molar-refractivity contribution in [3.8, 4) is 0 Å². The molecule has 14 heavy (non-hydrogen) atoms. The molecule has 0 fully saturated rings. The van der Waals surface area contributed by atoms with E-state index in [2.05, 4.69) is 10.4 Å². The Labute approximate surface area is 81.4 Å². The molecule has 82 valence electrons. The Morgan fingerprint density at radius 3 is 2.07 bits per heavy atom. The van der Waals surface area contributed by atoms with Gasteiger partial charge in [-0.15, -0.1) is 4.41 Å². The van der Waals surface area contributed by atoms with Gasteiger partial charge in [-0.05, 0) is 5.92 Å². The summed E-state index contributed by atoms with van der Waals surface area (Å²) in [4.78, 5) is 10.7. The molecule has 4 N–H and O–H groups in total. The Balaban J connectivity index is 5.17. The van der Waals surface area contributed by atoms with Gasteiger partial charge in [0.25, 0.3) is 0 Å². The van der Waals surface area contributed by atoms with Crippen LogP contribution < -0.4 is 5.14 Å². The quantitative estimate of drug-likeness (QED) is 0.430. The fraction of sp³-hybridized carbons (Fsp3) is 0.800. The van der Waals surface area contributed by atoms with E-state index < -0.39 is 28.1 Å². The van der Waals surface area contributed by atoms with Crippen molar-refractivity contribution in [2.45, 2.75) is 19.9 Å². The van der Waals surface area contributed by atoms with Gasteiger partial charge < -0.3 is 5.11 Å². The number of nitrogens with one attached hydrogen (secondary N) is 1. The maximum absolute atomic E-state index is 10.8. The third-order valence-corrected chi connectivity index (χ3v) is 2.31. The molecule has 9 heteroatoms. The molecule has 0 aliphatic heterocycles. The van der Waals surface area contributed by atoms with Gasteiger partial charge in [0.2, 0.25) is 0 Å². The molecule has 0 unspecified atom stereocenters. The average molecular weight is 224 g/mol. The first-order chi connectivity index (χ1) is 6.21.